The van der Waals surface area contributed by atoms with Crippen molar-refractivity contribution in [2.45, 2.75) is 25.8 Å². The second-order valence-electron chi connectivity index (χ2n) is 5.83. The van der Waals surface area contributed by atoms with Gasteiger partial charge in [0.05, 0.1) is 5.69 Å². The molecule has 1 aliphatic rings. The highest BCUT2D eigenvalue weighted by atomic mass is 32.1. The third-order valence-electron chi connectivity index (χ3n) is 4.26. The quantitative estimate of drug-likeness (QED) is 0.916. The number of nitrogens with two attached hydrogens (primary N) is 1. The monoisotopic (exact) mass is 303 g/mol. The predicted octanol–water partition coefficient (Wildman–Crippen LogP) is 2.62. The minimum absolute atomic E-state index is 0.0494. The first kappa shape index (κ1) is 14.4. The van der Waals surface area contributed by atoms with E-state index in [0.29, 0.717) is 23.2 Å². The number of aryl methyl sites for hydroxylation is 1. The van der Waals surface area contributed by atoms with Crippen molar-refractivity contribution in [3.8, 4) is 0 Å². The van der Waals surface area contributed by atoms with Crippen LogP contribution < -0.4 is 11.1 Å². The first-order chi connectivity index (χ1) is 10.1. The minimum atomic E-state index is -0.0494. The lowest BCUT2D eigenvalue weighted by molar-refractivity contribution is 0.0948. The average Bonchev–Trinajstić information content (AvgIpc) is 3.00. The maximum Gasteiger partial charge on any atom is 0.263 e. The van der Waals surface area contributed by atoms with E-state index in [1.165, 1.54) is 23.3 Å². The number of nitrogen functional groups attached to an aromatic ring is 1. The number of likely N-dealkylation sites (N-methyl/N-ethyl adjacent to an activating group) is 1. The minimum Gasteiger partial charge on any atom is -0.397 e. The molecule has 1 aromatic heterocycles. The van der Waals surface area contributed by atoms with Crippen molar-refractivity contribution in [3.63, 3.8) is 0 Å². The zero-order chi connectivity index (χ0) is 15.0. The molecule has 0 radical (unpaired) electrons. The molecular weight excluding hydrogens is 282 g/mol. The van der Waals surface area contributed by atoms with Crippen LogP contribution in [-0.4, -0.2) is 37.0 Å². The lowest BCUT2D eigenvalue weighted by Crippen LogP contribution is -2.38. The third kappa shape index (κ3) is 2.76. The van der Waals surface area contributed by atoms with Crippen molar-refractivity contribution in [2.75, 3.05) is 25.9 Å². The number of amides is 1. The molecule has 0 spiro atoms. The van der Waals surface area contributed by atoms with E-state index in [9.17, 15) is 4.79 Å². The highest BCUT2D eigenvalue weighted by molar-refractivity contribution is 7.21. The molecule has 3 rings (SSSR count). The Morgan fingerprint density at radius 3 is 3.05 bits per heavy atom. The van der Waals surface area contributed by atoms with Gasteiger partial charge in [-0.05, 0) is 45.0 Å². The topological polar surface area (TPSA) is 58.4 Å². The van der Waals surface area contributed by atoms with Gasteiger partial charge in [-0.1, -0.05) is 12.1 Å². The molecule has 1 atom stereocenters. The highest BCUT2D eigenvalue weighted by Gasteiger charge is 2.22. The van der Waals surface area contributed by atoms with Gasteiger partial charge in [-0.2, -0.15) is 0 Å². The van der Waals surface area contributed by atoms with Crippen LogP contribution in [0.3, 0.4) is 0 Å². The maximum absolute atomic E-state index is 12.4. The summed E-state index contributed by atoms with van der Waals surface area (Å²) in [5, 5.41) is 4.02. The number of thiophene rings is 1. The van der Waals surface area contributed by atoms with Gasteiger partial charge in [0.15, 0.2) is 0 Å². The Morgan fingerprint density at radius 2 is 2.33 bits per heavy atom. The van der Waals surface area contributed by atoms with Crippen molar-refractivity contribution in [2.24, 2.45) is 0 Å². The number of carbonyl (C=O) groups is 1. The molecule has 1 aliphatic heterocycles. The second-order valence-corrected chi connectivity index (χ2v) is 6.88. The first-order valence-corrected chi connectivity index (χ1v) is 8.15. The zero-order valence-electron chi connectivity index (χ0n) is 12.5. The van der Waals surface area contributed by atoms with Crippen molar-refractivity contribution in [1.82, 2.24) is 10.2 Å². The number of nitrogens with one attached hydrogen (secondary N) is 1. The van der Waals surface area contributed by atoms with E-state index in [1.54, 1.807) is 0 Å². The number of likely N-dealkylation sites (tertiary alicyclic amines) is 1. The maximum atomic E-state index is 12.4. The van der Waals surface area contributed by atoms with Crippen molar-refractivity contribution >= 4 is 33.0 Å². The molecule has 2 heterocycles. The van der Waals surface area contributed by atoms with Crippen LogP contribution in [0.5, 0.6) is 0 Å². The number of rotatable bonds is 3. The highest BCUT2D eigenvalue weighted by Crippen LogP contribution is 2.34. The summed E-state index contributed by atoms with van der Waals surface area (Å²) in [4.78, 5) is 15.3. The summed E-state index contributed by atoms with van der Waals surface area (Å²) < 4.78 is 1.08. The van der Waals surface area contributed by atoms with Gasteiger partial charge in [-0.25, -0.2) is 0 Å². The molecular formula is C16H21N3OS. The van der Waals surface area contributed by atoms with Crippen LogP contribution in [0.4, 0.5) is 5.69 Å². The molecule has 1 amide bonds. The fourth-order valence-corrected chi connectivity index (χ4v) is 4.06. The summed E-state index contributed by atoms with van der Waals surface area (Å²) in [7, 11) is 2.11. The van der Waals surface area contributed by atoms with E-state index in [0.717, 1.165) is 23.1 Å². The molecule has 112 valence electrons. The Kier molecular flexibility index (Phi) is 3.87. The molecule has 5 heteroatoms. The summed E-state index contributed by atoms with van der Waals surface area (Å²) in [6.45, 7) is 3.86. The molecule has 0 bridgehead atoms. The number of carbonyl (C=O) groups excluding carboxylic acids is 1. The predicted molar refractivity (Wildman–Crippen MR) is 89.0 cm³/mol. The standard InChI is InChI=1S/C16H21N3OS/c1-10-5-6-12-13(8-10)21-15(14(12)17)16(20)18-9-11-4-3-7-19(11)2/h5-6,8,11H,3-4,7,9,17H2,1-2H3,(H,18,20). The van der Waals surface area contributed by atoms with Crippen LogP contribution >= 0.6 is 11.3 Å². The fraction of sp³-hybridized carbons (Fsp3) is 0.438. The van der Waals surface area contributed by atoms with Crippen LogP contribution in [0.25, 0.3) is 10.1 Å². The molecule has 2 aromatic rings. The zero-order valence-corrected chi connectivity index (χ0v) is 13.3. The van der Waals surface area contributed by atoms with Crippen LogP contribution in [0.2, 0.25) is 0 Å². The van der Waals surface area contributed by atoms with Gasteiger partial charge in [0.1, 0.15) is 4.88 Å². The van der Waals surface area contributed by atoms with Crippen molar-refractivity contribution < 1.29 is 4.79 Å². The van der Waals surface area contributed by atoms with Crippen LogP contribution in [-0.2, 0) is 0 Å². The number of fused-ring (bicyclic) bond motifs is 1. The third-order valence-corrected chi connectivity index (χ3v) is 5.43. The van der Waals surface area contributed by atoms with Gasteiger partial charge in [0, 0.05) is 22.7 Å². The smallest absolute Gasteiger partial charge is 0.263 e. The van der Waals surface area contributed by atoms with Crippen LogP contribution in [0.1, 0.15) is 28.1 Å². The Labute approximate surface area is 128 Å². The summed E-state index contributed by atoms with van der Waals surface area (Å²) in [6.07, 6.45) is 2.36. The Morgan fingerprint density at radius 1 is 1.52 bits per heavy atom. The normalized spacial score (nSPS) is 19.2. The van der Waals surface area contributed by atoms with E-state index < -0.39 is 0 Å². The SMILES string of the molecule is Cc1ccc2c(N)c(C(=O)NCC3CCCN3C)sc2c1. The summed E-state index contributed by atoms with van der Waals surface area (Å²) >= 11 is 1.48. The van der Waals surface area contributed by atoms with Gasteiger partial charge < -0.3 is 16.0 Å². The Hall–Kier alpha value is -1.59. The molecule has 4 nitrogen and oxygen atoms in total. The molecule has 21 heavy (non-hydrogen) atoms. The molecule has 1 saturated heterocycles. The Bertz CT molecular complexity index is 679. The van der Waals surface area contributed by atoms with Gasteiger partial charge in [0.25, 0.3) is 5.91 Å². The number of hydrogen-bond acceptors (Lipinski definition) is 4. The molecule has 3 N–H and O–H groups in total. The second kappa shape index (κ2) is 5.66. The fourth-order valence-electron chi connectivity index (χ4n) is 2.92. The van der Waals surface area contributed by atoms with Gasteiger partial charge in [0.2, 0.25) is 0 Å². The van der Waals surface area contributed by atoms with E-state index in [4.69, 9.17) is 5.73 Å². The van der Waals surface area contributed by atoms with Crippen molar-refractivity contribution in [3.05, 3.63) is 28.6 Å². The first-order valence-electron chi connectivity index (χ1n) is 7.33. The van der Waals surface area contributed by atoms with Gasteiger partial charge in [-0.15, -0.1) is 11.3 Å². The molecule has 0 aliphatic carbocycles. The lowest BCUT2D eigenvalue weighted by Gasteiger charge is -2.19. The molecule has 1 fully saturated rings. The number of nitrogens with zero attached hydrogens (tertiary/aromatic N) is 1. The van der Waals surface area contributed by atoms with Gasteiger partial charge >= 0.3 is 0 Å². The summed E-state index contributed by atoms with van der Waals surface area (Å²) in [5.41, 5.74) is 7.93. The lowest BCUT2D eigenvalue weighted by atomic mass is 10.1. The van der Waals surface area contributed by atoms with E-state index in [-0.39, 0.29) is 5.91 Å². The molecule has 0 saturated carbocycles. The van der Waals surface area contributed by atoms with E-state index >= 15 is 0 Å². The van der Waals surface area contributed by atoms with E-state index in [1.807, 2.05) is 19.1 Å². The van der Waals surface area contributed by atoms with Crippen LogP contribution in [0.15, 0.2) is 18.2 Å². The summed E-state index contributed by atoms with van der Waals surface area (Å²) in [5.74, 6) is -0.0494. The van der Waals surface area contributed by atoms with Gasteiger partial charge in [-0.3, -0.25) is 4.79 Å². The molecule has 1 aromatic carbocycles. The number of benzene rings is 1. The average molecular weight is 303 g/mol. The summed E-state index contributed by atoms with van der Waals surface area (Å²) in [6, 6.07) is 6.56. The number of anilines is 1. The Balaban J connectivity index is 1.76. The van der Waals surface area contributed by atoms with Crippen molar-refractivity contribution in [1.29, 1.82) is 0 Å². The van der Waals surface area contributed by atoms with E-state index in [2.05, 4.69) is 23.3 Å². The molecule has 1 unspecified atom stereocenters. The largest absolute Gasteiger partial charge is 0.397 e. The van der Waals surface area contributed by atoms with Crippen LogP contribution in [0, 0.1) is 6.92 Å². The number of hydrogen-bond donors (Lipinski definition) is 2.